The molecule has 2 aliphatic heterocycles. The number of hydrogen-bond acceptors (Lipinski definition) is 6. The van der Waals surface area contributed by atoms with Crippen LogP contribution in [0.3, 0.4) is 0 Å². The summed E-state index contributed by atoms with van der Waals surface area (Å²) in [6.07, 6.45) is 31.2. The smallest absolute Gasteiger partial charge is 0.357 e. The van der Waals surface area contributed by atoms with Gasteiger partial charge in [0, 0.05) is 39.3 Å². The van der Waals surface area contributed by atoms with Crippen molar-refractivity contribution < 1.29 is 17.1 Å². The third-order valence-corrected chi connectivity index (χ3v) is 7.12. The number of hydrogen-bond donors (Lipinski definition) is 0. The van der Waals surface area contributed by atoms with E-state index >= 15 is 0 Å². The van der Waals surface area contributed by atoms with Gasteiger partial charge in [-0.3, -0.25) is 0 Å². The Labute approximate surface area is 327 Å². The predicted octanol–water partition coefficient (Wildman–Crippen LogP) is 11.7. The van der Waals surface area contributed by atoms with Crippen LogP contribution in [0.2, 0.25) is 0 Å². The molecular weight excluding hydrogens is 704 g/mol. The molecule has 5 rings (SSSR count). The third-order valence-electron chi connectivity index (χ3n) is 7.12. The zero-order valence-electron chi connectivity index (χ0n) is 33.3. The average molecular weight is 759 g/mol. The van der Waals surface area contributed by atoms with Crippen molar-refractivity contribution in [3.8, 4) is 0 Å². The van der Waals surface area contributed by atoms with Crippen LogP contribution >= 0.6 is 0 Å². The van der Waals surface area contributed by atoms with Crippen molar-refractivity contribution in [3.63, 3.8) is 0 Å². The van der Waals surface area contributed by atoms with Gasteiger partial charge < -0.3 is 29.9 Å². The average Bonchev–Trinajstić information content (AvgIpc) is 3.88. The van der Waals surface area contributed by atoms with Crippen LogP contribution < -0.4 is 9.97 Å². The second kappa shape index (κ2) is 24.1. The van der Waals surface area contributed by atoms with Crippen molar-refractivity contribution in [2.45, 2.75) is 83.1 Å². The summed E-state index contributed by atoms with van der Waals surface area (Å²) in [5.74, 6) is 1.97. The van der Waals surface area contributed by atoms with Gasteiger partial charge in [-0.05, 0) is 83.7 Å². The quantitative estimate of drug-likeness (QED) is 0.173. The first-order chi connectivity index (χ1) is 25.4. The van der Waals surface area contributed by atoms with E-state index in [1.54, 1.807) is 6.08 Å². The maximum atomic E-state index is 5.03. The molecule has 8 bridgehead atoms. The summed E-state index contributed by atoms with van der Waals surface area (Å²) in [5, 5.41) is 0. The van der Waals surface area contributed by atoms with E-state index in [1.807, 2.05) is 174 Å². The Kier molecular flexibility index (Phi) is 20.8. The molecule has 0 aromatic carbocycles. The SMILES string of the molecule is C/C=C\C.C=Cc1c(/C=C\C)c2nc3nc(nc4[n-]c(nc5nc(nc1[n-]2)C=C5/C=C\C)c(/C=C\C)c4/C=C\C)C(/C=C\C)=C3/C=C\C.CC.CC.[Cu+2]. The largest absolute Gasteiger partial charge is 2.00 e. The summed E-state index contributed by atoms with van der Waals surface area (Å²) < 4.78 is 0. The Hall–Kier alpha value is -5.24. The van der Waals surface area contributed by atoms with Crippen LogP contribution in [-0.4, -0.2) is 29.9 Å². The van der Waals surface area contributed by atoms with Gasteiger partial charge in [-0.25, -0.2) is 9.97 Å². The van der Waals surface area contributed by atoms with E-state index in [4.69, 9.17) is 39.9 Å². The molecule has 0 saturated carbocycles. The molecule has 0 aliphatic carbocycles. The van der Waals surface area contributed by atoms with Crippen LogP contribution in [0, 0.1) is 0 Å². The van der Waals surface area contributed by atoms with E-state index in [0.29, 0.717) is 45.9 Å². The maximum absolute atomic E-state index is 5.03. The Bertz CT molecular complexity index is 2120. The summed E-state index contributed by atoms with van der Waals surface area (Å²) in [5.41, 5.74) is 7.66. The van der Waals surface area contributed by atoms with Crippen molar-refractivity contribution >= 4 is 69.7 Å². The molecule has 5 heterocycles. The van der Waals surface area contributed by atoms with Gasteiger partial charge in [0.15, 0.2) is 0 Å². The molecule has 0 unspecified atom stereocenters. The monoisotopic (exact) mass is 757 g/mol. The molecule has 281 valence electrons. The molecule has 9 heteroatoms. The van der Waals surface area contributed by atoms with Crippen molar-refractivity contribution in [1.82, 2.24) is 39.9 Å². The van der Waals surface area contributed by atoms with Gasteiger partial charge in [0.1, 0.15) is 0 Å². The molecule has 3 aromatic rings. The van der Waals surface area contributed by atoms with E-state index in [1.165, 1.54) is 0 Å². The molecule has 3 aromatic heterocycles. The maximum Gasteiger partial charge on any atom is 2.00 e. The number of aromatic nitrogens is 8. The van der Waals surface area contributed by atoms with Gasteiger partial charge in [0.2, 0.25) is 0 Å². The van der Waals surface area contributed by atoms with Gasteiger partial charge in [-0.2, -0.15) is 0 Å². The Balaban J connectivity index is 0.00000144. The molecular formula is C44H54CuN8. The summed E-state index contributed by atoms with van der Waals surface area (Å²) in [6.45, 7) is 27.8. The molecule has 0 saturated heterocycles. The molecule has 0 spiro atoms. The minimum Gasteiger partial charge on any atom is -0.357 e. The molecule has 2 aliphatic rings. The first-order valence-electron chi connectivity index (χ1n) is 18.0. The zero-order chi connectivity index (χ0) is 38.6. The fraction of sp³-hybridized carbons (Fsp3) is 0.273. The van der Waals surface area contributed by atoms with Crippen molar-refractivity contribution in [1.29, 1.82) is 0 Å². The topological polar surface area (TPSA) is 106 Å². The number of fused-ring (bicyclic) bond motifs is 8. The van der Waals surface area contributed by atoms with Crippen molar-refractivity contribution in [3.05, 3.63) is 119 Å². The van der Waals surface area contributed by atoms with Crippen LogP contribution in [0.25, 0.3) is 69.7 Å². The van der Waals surface area contributed by atoms with Gasteiger partial charge >= 0.3 is 17.1 Å². The minimum atomic E-state index is 0. The van der Waals surface area contributed by atoms with Crippen LogP contribution in [-0.2, 0) is 17.1 Å². The third kappa shape index (κ3) is 11.1. The summed E-state index contributed by atoms with van der Waals surface area (Å²) in [4.78, 5) is 39.3. The number of nitrogens with zero attached hydrogens (tertiary/aromatic N) is 8. The van der Waals surface area contributed by atoms with E-state index in [-0.39, 0.29) is 17.1 Å². The molecule has 0 atom stereocenters. The van der Waals surface area contributed by atoms with Crippen LogP contribution in [0.1, 0.15) is 129 Å². The predicted molar refractivity (Wildman–Crippen MR) is 227 cm³/mol. The Morgan fingerprint density at radius 3 is 1.19 bits per heavy atom. The van der Waals surface area contributed by atoms with E-state index in [9.17, 15) is 0 Å². The molecule has 8 nitrogen and oxygen atoms in total. The van der Waals surface area contributed by atoms with E-state index in [0.717, 1.165) is 39.0 Å². The first kappa shape index (κ1) is 45.8. The van der Waals surface area contributed by atoms with Crippen LogP contribution in [0.5, 0.6) is 0 Å². The van der Waals surface area contributed by atoms with Gasteiger partial charge in [0.25, 0.3) is 0 Å². The van der Waals surface area contributed by atoms with E-state index < -0.39 is 0 Å². The van der Waals surface area contributed by atoms with Crippen molar-refractivity contribution in [2.75, 3.05) is 0 Å². The molecule has 0 fully saturated rings. The normalized spacial score (nSPS) is 12.7. The first-order valence-corrected chi connectivity index (χ1v) is 18.0. The fourth-order valence-corrected chi connectivity index (χ4v) is 5.02. The van der Waals surface area contributed by atoms with Gasteiger partial charge in [-0.1, -0.05) is 125 Å². The Morgan fingerprint density at radius 1 is 0.434 bits per heavy atom. The Morgan fingerprint density at radius 2 is 0.811 bits per heavy atom. The van der Waals surface area contributed by atoms with E-state index in [2.05, 4.69) is 6.58 Å². The molecule has 0 N–H and O–H groups in total. The van der Waals surface area contributed by atoms with Crippen LogP contribution in [0.15, 0.2) is 73.4 Å². The van der Waals surface area contributed by atoms with Crippen molar-refractivity contribution in [2.24, 2.45) is 0 Å². The standard InChI is InChI=1S/C36H34N8.C4H8.2C2H6.Cu/c1-8-15-22-21-29-37-30(22)39-33-25(17-10-3)26(18-11-4)35(42-33)44-36-28(20-13-6)27(19-12-5)34(43-36)41-32-24(16-9-2)23(14-7)31(38-29)40-32;1-3-4-2;2*1-2;/h8-21H,7H2,1-6H3;3-4H,1-2H3;2*1-2H3;/q-2;;;;+2/b15-8-,16-9-,17-10-,18-11-,19-12-,20-13-;4-3-;;;. The summed E-state index contributed by atoms with van der Waals surface area (Å²) in [7, 11) is 0. The van der Waals surface area contributed by atoms with Gasteiger partial charge in [-0.15, -0.1) is 0 Å². The fourth-order valence-electron chi connectivity index (χ4n) is 5.02. The zero-order valence-corrected chi connectivity index (χ0v) is 34.3. The summed E-state index contributed by atoms with van der Waals surface area (Å²) >= 11 is 0. The molecule has 1 radical (unpaired) electrons. The van der Waals surface area contributed by atoms with Gasteiger partial charge in [0.05, 0.1) is 23.3 Å². The number of rotatable bonds is 7. The molecule has 0 amide bonds. The minimum absolute atomic E-state index is 0. The number of allylic oxidation sites excluding steroid dienone is 14. The second-order valence-corrected chi connectivity index (χ2v) is 10.5. The molecule has 53 heavy (non-hydrogen) atoms. The summed E-state index contributed by atoms with van der Waals surface area (Å²) in [6, 6.07) is 0. The van der Waals surface area contributed by atoms with Crippen LogP contribution in [0.4, 0.5) is 0 Å². The second-order valence-electron chi connectivity index (χ2n) is 10.5.